The van der Waals surface area contributed by atoms with Crippen molar-refractivity contribution in [2.24, 2.45) is 0 Å². The van der Waals surface area contributed by atoms with Gasteiger partial charge in [0.25, 0.3) is 0 Å². The van der Waals surface area contributed by atoms with Crippen molar-refractivity contribution in [3.05, 3.63) is 34.9 Å². The Hall–Kier alpha value is -0.570. The molecule has 1 fully saturated rings. The third-order valence-corrected chi connectivity index (χ3v) is 2.42. The molecule has 0 amide bonds. The number of hydrogen-bond donors (Lipinski definition) is 1. The summed E-state index contributed by atoms with van der Waals surface area (Å²) >= 11 is 5.79. The molecular formula is C10H12ClNO. The van der Waals surface area contributed by atoms with Gasteiger partial charge in [-0.25, -0.2) is 0 Å². The molecule has 0 aliphatic carbocycles. The van der Waals surface area contributed by atoms with E-state index in [1.54, 1.807) is 0 Å². The molecule has 1 unspecified atom stereocenters. The van der Waals surface area contributed by atoms with Gasteiger partial charge in [0.1, 0.15) is 0 Å². The van der Waals surface area contributed by atoms with Crippen LogP contribution in [0.4, 0.5) is 0 Å². The lowest BCUT2D eigenvalue weighted by molar-refractivity contribution is 0.0277. The third-order valence-electron chi connectivity index (χ3n) is 2.17. The number of nitrogens with one attached hydrogen (secondary N) is 1. The molecule has 1 heterocycles. The Labute approximate surface area is 82.9 Å². The SMILES string of the molecule is Clc1ccc(C2CNCCO2)cc1. The van der Waals surface area contributed by atoms with Crippen LogP contribution in [-0.2, 0) is 4.74 Å². The molecule has 1 atom stereocenters. The first kappa shape index (κ1) is 9.00. The van der Waals surface area contributed by atoms with Crippen LogP contribution >= 0.6 is 11.6 Å². The van der Waals surface area contributed by atoms with Gasteiger partial charge < -0.3 is 10.1 Å². The van der Waals surface area contributed by atoms with Gasteiger partial charge in [0.15, 0.2) is 0 Å². The molecule has 0 bridgehead atoms. The number of benzene rings is 1. The summed E-state index contributed by atoms with van der Waals surface area (Å²) in [5.74, 6) is 0. The lowest BCUT2D eigenvalue weighted by Gasteiger charge is -2.23. The van der Waals surface area contributed by atoms with E-state index in [0.717, 1.165) is 24.7 Å². The molecule has 3 heteroatoms. The standard InChI is InChI=1S/C10H12ClNO/c11-9-3-1-8(2-4-9)10-7-12-5-6-13-10/h1-4,10,12H,5-7H2. The largest absolute Gasteiger partial charge is 0.371 e. The predicted molar refractivity (Wildman–Crippen MR) is 53.0 cm³/mol. The fourth-order valence-corrected chi connectivity index (χ4v) is 1.58. The Kier molecular flexibility index (Phi) is 2.83. The molecule has 0 spiro atoms. The van der Waals surface area contributed by atoms with Crippen LogP contribution < -0.4 is 5.32 Å². The van der Waals surface area contributed by atoms with E-state index in [4.69, 9.17) is 16.3 Å². The van der Waals surface area contributed by atoms with Gasteiger partial charge in [0.2, 0.25) is 0 Å². The highest BCUT2D eigenvalue weighted by Gasteiger charge is 2.14. The monoisotopic (exact) mass is 197 g/mol. The fourth-order valence-electron chi connectivity index (χ4n) is 1.46. The average molecular weight is 198 g/mol. The van der Waals surface area contributed by atoms with Crippen molar-refractivity contribution >= 4 is 11.6 Å². The molecule has 13 heavy (non-hydrogen) atoms. The molecule has 1 aromatic carbocycles. The van der Waals surface area contributed by atoms with Crippen LogP contribution in [0.15, 0.2) is 24.3 Å². The van der Waals surface area contributed by atoms with Gasteiger partial charge >= 0.3 is 0 Å². The van der Waals surface area contributed by atoms with Crippen LogP contribution in [0.3, 0.4) is 0 Å². The van der Waals surface area contributed by atoms with Crippen LogP contribution in [0.5, 0.6) is 0 Å². The maximum absolute atomic E-state index is 5.79. The Bertz CT molecular complexity index is 267. The Balaban J connectivity index is 2.10. The maximum Gasteiger partial charge on any atom is 0.0949 e. The van der Waals surface area contributed by atoms with Gasteiger partial charge in [-0.15, -0.1) is 0 Å². The van der Waals surface area contributed by atoms with Crippen LogP contribution in [0.2, 0.25) is 5.02 Å². The lowest BCUT2D eigenvalue weighted by Crippen LogP contribution is -2.33. The van der Waals surface area contributed by atoms with Crippen molar-refractivity contribution in [3.8, 4) is 0 Å². The molecule has 1 aliphatic rings. The summed E-state index contributed by atoms with van der Waals surface area (Å²) in [5, 5.41) is 4.06. The Morgan fingerprint density at radius 3 is 2.69 bits per heavy atom. The molecule has 0 aromatic heterocycles. The van der Waals surface area contributed by atoms with E-state index < -0.39 is 0 Å². The average Bonchev–Trinajstić information content (AvgIpc) is 2.20. The second kappa shape index (κ2) is 4.09. The minimum Gasteiger partial charge on any atom is -0.371 e. The summed E-state index contributed by atoms with van der Waals surface area (Å²) in [6, 6.07) is 7.82. The maximum atomic E-state index is 5.79. The van der Waals surface area contributed by atoms with E-state index >= 15 is 0 Å². The fraction of sp³-hybridized carbons (Fsp3) is 0.400. The minimum atomic E-state index is 0.186. The number of morpholine rings is 1. The van der Waals surface area contributed by atoms with Gasteiger partial charge in [0, 0.05) is 18.1 Å². The van der Waals surface area contributed by atoms with Crippen LogP contribution in [0.25, 0.3) is 0 Å². The molecule has 2 rings (SSSR count). The topological polar surface area (TPSA) is 21.3 Å². The second-order valence-electron chi connectivity index (χ2n) is 3.12. The first-order valence-corrected chi connectivity index (χ1v) is 4.82. The number of hydrogen-bond acceptors (Lipinski definition) is 2. The van der Waals surface area contributed by atoms with Crippen LogP contribution in [-0.4, -0.2) is 19.7 Å². The summed E-state index contributed by atoms with van der Waals surface area (Å²) in [5.41, 5.74) is 1.19. The zero-order valence-electron chi connectivity index (χ0n) is 7.29. The highest BCUT2D eigenvalue weighted by molar-refractivity contribution is 6.30. The lowest BCUT2D eigenvalue weighted by atomic mass is 10.1. The second-order valence-corrected chi connectivity index (χ2v) is 3.55. The summed E-state index contributed by atoms with van der Waals surface area (Å²) in [4.78, 5) is 0. The third kappa shape index (κ3) is 2.21. The van der Waals surface area contributed by atoms with Gasteiger partial charge in [-0.2, -0.15) is 0 Å². The minimum absolute atomic E-state index is 0.186. The van der Waals surface area contributed by atoms with E-state index in [1.807, 2.05) is 24.3 Å². The van der Waals surface area contributed by atoms with E-state index in [0.29, 0.717) is 0 Å². The van der Waals surface area contributed by atoms with Crippen LogP contribution in [0.1, 0.15) is 11.7 Å². The quantitative estimate of drug-likeness (QED) is 0.744. The molecule has 0 radical (unpaired) electrons. The summed E-state index contributed by atoms with van der Waals surface area (Å²) in [6.45, 7) is 2.62. The number of ether oxygens (including phenoxy) is 1. The van der Waals surface area contributed by atoms with E-state index in [2.05, 4.69) is 5.32 Å². The molecule has 0 saturated carbocycles. The molecule has 70 valence electrons. The summed E-state index contributed by atoms with van der Waals surface area (Å²) in [7, 11) is 0. The molecule has 1 saturated heterocycles. The van der Waals surface area contributed by atoms with Crippen molar-refractivity contribution in [2.45, 2.75) is 6.10 Å². The van der Waals surface area contributed by atoms with Crippen molar-refractivity contribution in [1.29, 1.82) is 0 Å². The predicted octanol–water partition coefficient (Wildman–Crippen LogP) is 2.00. The molecule has 1 aliphatic heterocycles. The number of halogens is 1. The van der Waals surface area contributed by atoms with Crippen molar-refractivity contribution in [3.63, 3.8) is 0 Å². The van der Waals surface area contributed by atoms with Gasteiger partial charge in [-0.3, -0.25) is 0 Å². The molecule has 1 N–H and O–H groups in total. The first-order chi connectivity index (χ1) is 6.36. The zero-order valence-corrected chi connectivity index (χ0v) is 8.05. The van der Waals surface area contributed by atoms with Crippen molar-refractivity contribution in [1.82, 2.24) is 5.32 Å². The summed E-state index contributed by atoms with van der Waals surface area (Å²) < 4.78 is 5.60. The first-order valence-electron chi connectivity index (χ1n) is 4.44. The highest BCUT2D eigenvalue weighted by atomic mass is 35.5. The Morgan fingerprint density at radius 2 is 2.08 bits per heavy atom. The van der Waals surface area contributed by atoms with Crippen molar-refractivity contribution in [2.75, 3.05) is 19.7 Å². The zero-order chi connectivity index (χ0) is 9.10. The van der Waals surface area contributed by atoms with E-state index in [-0.39, 0.29) is 6.10 Å². The highest BCUT2D eigenvalue weighted by Crippen LogP contribution is 2.20. The van der Waals surface area contributed by atoms with Crippen LogP contribution in [0, 0.1) is 0 Å². The van der Waals surface area contributed by atoms with E-state index in [1.165, 1.54) is 5.56 Å². The molecule has 1 aromatic rings. The van der Waals surface area contributed by atoms with Gasteiger partial charge in [-0.1, -0.05) is 23.7 Å². The molecular weight excluding hydrogens is 186 g/mol. The van der Waals surface area contributed by atoms with Crippen molar-refractivity contribution < 1.29 is 4.74 Å². The number of rotatable bonds is 1. The van der Waals surface area contributed by atoms with Gasteiger partial charge in [0.05, 0.1) is 12.7 Å². The van der Waals surface area contributed by atoms with E-state index in [9.17, 15) is 0 Å². The Morgan fingerprint density at radius 1 is 1.31 bits per heavy atom. The molecule has 2 nitrogen and oxygen atoms in total. The smallest absolute Gasteiger partial charge is 0.0949 e. The normalized spacial score (nSPS) is 23.0. The summed E-state index contributed by atoms with van der Waals surface area (Å²) in [6.07, 6.45) is 0.186. The van der Waals surface area contributed by atoms with Gasteiger partial charge in [-0.05, 0) is 17.7 Å².